The van der Waals surface area contributed by atoms with Crippen LogP contribution in [0.5, 0.6) is 11.5 Å². The molecule has 0 spiro atoms. The maximum Gasteiger partial charge on any atom is 0.235 e. The lowest BCUT2D eigenvalue weighted by atomic mass is 9.95. The molecule has 0 bridgehead atoms. The van der Waals surface area contributed by atoms with Crippen LogP contribution in [0.3, 0.4) is 0 Å². The number of methoxy groups -OCH3 is 2. The van der Waals surface area contributed by atoms with Crippen LogP contribution in [0.2, 0.25) is 0 Å². The van der Waals surface area contributed by atoms with Crippen LogP contribution in [0.4, 0.5) is 4.39 Å². The minimum absolute atomic E-state index is 0.0533. The van der Waals surface area contributed by atoms with Crippen molar-refractivity contribution >= 4 is 27.7 Å². The molecule has 188 valence electrons. The number of rotatable bonds is 8. The van der Waals surface area contributed by atoms with Crippen LogP contribution in [-0.2, 0) is 17.6 Å². The van der Waals surface area contributed by atoms with Crippen LogP contribution in [0.25, 0.3) is 0 Å². The van der Waals surface area contributed by atoms with E-state index in [1.54, 1.807) is 25.2 Å². The summed E-state index contributed by atoms with van der Waals surface area (Å²) in [5, 5.41) is 0. The molecule has 1 heterocycles. The minimum Gasteiger partial charge on any atom is -0.497 e. The number of amides is 1. The van der Waals surface area contributed by atoms with Crippen LogP contribution < -0.4 is 9.47 Å². The van der Waals surface area contributed by atoms with Gasteiger partial charge < -0.3 is 9.47 Å². The summed E-state index contributed by atoms with van der Waals surface area (Å²) in [4.78, 5) is 20.1. The van der Waals surface area contributed by atoms with Crippen molar-refractivity contribution in [3.63, 3.8) is 0 Å². The van der Waals surface area contributed by atoms with E-state index in [0.717, 1.165) is 33.5 Å². The Labute approximate surface area is 220 Å². The third-order valence-electron chi connectivity index (χ3n) is 6.56. The molecule has 1 unspecified atom stereocenters. The molecule has 1 atom stereocenters. The Morgan fingerprint density at radius 3 is 2.58 bits per heavy atom. The second-order valence-electron chi connectivity index (χ2n) is 8.77. The number of nitrogens with zero attached hydrogens (tertiary/aromatic N) is 2. The van der Waals surface area contributed by atoms with Gasteiger partial charge in [0.1, 0.15) is 23.2 Å². The van der Waals surface area contributed by atoms with Crippen molar-refractivity contribution in [2.24, 2.45) is 4.99 Å². The molecule has 1 amide bonds. The lowest BCUT2D eigenvalue weighted by molar-refractivity contribution is -0.128. The predicted molar refractivity (Wildman–Crippen MR) is 144 cm³/mol. The topological polar surface area (TPSA) is 51.1 Å². The number of hydrogen-bond acceptors (Lipinski definition) is 4. The molecule has 0 fully saturated rings. The fourth-order valence-corrected chi connectivity index (χ4v) is 4.95. The Balaban J connectivity index is 1.62. The molecule has 0 aromatic heterocycles. The maximum absolute atomic E-state index is 15.2. The fraction of sp³-hybridized carbons (Fsp3) is 0.310. The number of carbonyl (C=O) groups is 1. The Morgan fingerprint density at radius 2 is 1.86 bits per heavy atom. The van der Waals surface area contributed by atoms with Gasteiger partial charge in [0.15, 0.2) is 0 Å². The Bertz CT molecular complexity index is 1260. The largest absolute Gasteiger partial charge is 0.497 e. The first-order valence-electron chi connectivity index (χ1n) is 12.0. The van der Waals surface area contributed by atoms with Gasteiger partial charge in [0, 0.05) is 23.1 Å². The highest BCUT2D eigenvalue weighted by molar-refractivity contribution is 9.10. The van der Waals surface area contributed by atoms with Gasteiger partial charge in [-0.2, -0.15) is 0 Å². The number of halogens is 2. The summed E-state index contributed by atoms with van der Waals surface area (Å²) in [6.07, 6.45) is 1.80. The zero-order valence-corrected chi connectivity index (χ0v) is 22.3. The van der Waals surface area contributed by atoms with Crippen LogP contribution in [0.1, 0.15) is 41.5 Å². The van der Waals surface area contributed by atoms with E-state index in [0.29, 0.717) is 42.9 Å². The van der Waals surface area contributed by atoms with E-state index in [9.17, 15) is 4.79 Å². The smallest absolute Gasteiger partial charge is 0.235 e. The van der Waals surface area contributed by atoms with Crippen molar-refractivity contribution in [3.8, 4) is 11.5 Å². The molecular weight excluding hydrogens is 523 g/mol. The highest BCUT2D eigenvalue weighted by Crippen LogP contribution is 2.28. The Hall–Kier alpha value is -3.19. The third kappa shape index (κ3) is 5.62. The van der Waals surface area contributed by atoms with Gasteiger partial charge in [-0.15, -0.1) is 0 Å². The average Bonchev–Trinajstić information content (AvgIpc) is 2.91. The van der Waals surface area contributed by atoms with E-state index in [2.05, 4.69) is 15.9 Å². The molecule has 7 heteroatoms. The summed E-state index contributed by atoms with van der Waals surface area (Å²) in [7, 11) is 3.24. The van der Waals surface area contributed by atoms with Gasteiger partial charge in [0.25, 0.3) is 0 Å². The second-order valence-corrected chi connectivity index (χ2v) is 9.68. The fourth-order valence-electron chi connectivity index (χ4n) is 4.54. The predicted octanol–water partition coefficient (Wildman–Crippen LogP) is 6.17. The average molecular weight is 553 g/mol. The normalized spacial score (nSPS) is 14.2. The number of hydrogen-bond donors (Lipinski definition) is 0. The molecule has 36 heavy (non-hydrogen) atoms. The monoisotopic (exact) mass is 552 g/mol. The Kier molecular flexibility index (Phi) is 8.41. The summed E-state index contributed by atoms with van der Waals surface area (Å²) in [5.41, 5.74) is 3.09. The van der Waals surface area contributed by atoms with Crippen LogP contribution in [0.15, 0.2) is 70.1 Å². The molecular formula is C29H30BrFN2O3. The van der Waals surface area contributed by atoms with Gasteiger partial charge in [-0.3, -0.25) is 14.7 Å². The lowest BCUT2D eigenvalue weighted by Gasteiger charge is -2.31. The quantitative estimate of drug-likeness (QED) is 0.335. The van der Waals surface area contributed by atoms with Gasteiger partial charge in [-0.25, -0.2) is 4.39 Å². The first-order valence-corrected chi connectivity index (χ1v) is 12.8. The first-order chi connectivity index (χ1) is 17.4. The molecule has 1 aliphatic heterocycles. The zero-order chi connectivity index (χ0) is 25.7. The van der Waals surface area contributed by atoms with Crippen LogP contribution >= 0.6 is 15.9 Å². The van der Waals surface area contributed by atoms with Crippen LogP contribution in [0, 0.1) is 5.82 Å². The number of carbonyl (C=O) groups excluding carboxylic acids is 1. The third-order valence-corrected chi connectivity index (χ3v) is 7.05. The maximum atomic E-state index is 15.2. The molecule has 0 saturated carbocycles. The van der Waals surface area contributed by atoms with Gasteiger partial charge in [0.05, 0.1) is 20.1 Å². The highest BCUT2D eigenvalue weighted by atomic mass is 79.9. The molecule has 5 nitrogen and oxygen atoms in total. The van der Waals surface area contributed by atoms with E-state index in [1.807, 2.05) is 55.5 Å². The van der Waals surface area contributed by atoms with Crippen molar-refractivity contribution in [2.75, 3.05) is 27.3 Å². The van der Waals surface area contributed by atoms with Gasteiger partial charge in [0.2, 0.25) is 5.91 Å². The molecule has 0 radical (unpaired) electrons. The van der Waals surface area contributed by atoms with Gasteiger partial charge >= 0.3 is 0 Å². The van der Waals surface area contributed by atoms with Crippen molar-refractivity contribution in [2.45, 2.75) is 32.1 Å². The molecule has 3 aromatic carbocycles. The summed E-state index contributed by atoms with van der Waals surface area (Å²) in [5.74, 6) is 1.32. The molecule has 1 aliphatic rings. The summed E-state index contributed by atoms with van der Waals surface area (Å²) >= 11 is 3.51. The highest BCUT2D eigenvalue weighted by Gasteiger charge is 2.30. The number of ether oxygens (including phenoxy) is 2. The van der Waals surface area contributed by atoms with E-state index >= 15 is 4.39 Å². The van der Waals surface area contributed by atoms with Crippen molar-refractivity contribution in [3.05, 3.63) is 93.2 Å². The molecule has 4 rings (SSSR count). The first kappa shape index (κ1) is 25.9. The summed E-state index contributed by atoms with van der Waals surface area (Å²) in [6.45, 7) is 3.04. The lowest BCUT2D eigenvalue weighted by Crippen LogP contribution is -2.43. The summed E-state index contributed by atoms with van der Waals surface area (Å²) in [6, 6.07) is 18.3. The summed E-state index contributed by atoms with van der Waals surface area (Å²) < 4.78 is 26.9. The molecule has 0 saturated heterocycles. The SMILES string of the molecule is COc1ccc(C(C)C(=O)N2CCCN=C2c2cccc(F)c2CCc2cc(Br)ccc2OC)cc1. The minimum atomic E-state index is -0.373. The van der Waals surface area contributed by atoms with Crippen molar-refractivity contribution in [1.82, 2.24) is 4.90 Å². The van der Waals surface area contributed by atoms with Crippen LogP contribution in [-0.4, -0.2) is 44.0 Å². The number of aryl methyl sites for hydroxylation is 1. The van der Waals surface area contributed by atoms with Gasteiger partial charge in [-0.05, 0) is 79.3 Å². The van der Waals surface area contributed by atoms with E-state index in [1.165, 1.54) is 6.07 Å². The van der Waals surface area contributed by atoms with E-state index < -0.39 is 0 Å². The second kappa shape index (κ2) is 11.7. The molecule has 0 N–H and O–H groups in total. The van der Waals surface area contributed by atoms with Crippen molar-refractivity contribution in [1.29, 1.82) is 0 Å². The number of amidine groups is 1. The number of aliphatic imine (C=N–C) groups is 1. The standard InChI is InChI=1S/C29H30BrFN2O3/c1-19(20-8-12-23(35-2)13-9-20)29(34)33-17-5-16-32-28(33)25-6-4-7-26(31)24(25)14-10-21-18-22(30)11-15-27(21)36-3/h4,6-9,11-13,15,18-19H,5,10,14,16-17H2,1-3H3. The van der Waals surface area contributed by atoms with E-state index in [-0.39, 0.29) is 17.6 Å². The molecule has 3 aromatic rings. The van der Waals surface area contributed by atoms with Gasteiger partial charge in [-0.1, -0.05) is 40.2 Å². The zero-order valence-electron chi connectivity index (χ0n) is 20.8. The van der Waals surface area contributed by atoms with Crippen molar-refractivity contribution < 1.29 is 18.7 Å². The number of benzene rings is 3. The molecule has 0 aliphatic carbocycles. The van der Waals surface area contributed by atoms with E-state index in [4.69, 9.17) is 14.5 Å². The Morgan fingerprint density at radius 1 is 1.08 bits per heavy atom.